The van der Waals surface area contributed by atoms with Gasteiger partial charge in [-0.1, -0.05) is 0 Å². The third-order valence-corrected chi connectivity index (χ3v) is 1.85. The Bertz CT molecular complexity index is 202. The van der Waals surface area contributed by atoms with Crippen molar-refractivity contribution >= 4 is 17.5 Å². The number of nitrogens with zero attached hydrogens (tertiary/aromatic N) is 2. The number of nitrogens with one attached hydrogen (secondary N) is 1. The van der Waals surface area contributed by atoms with Crippen LogP contribution in [-0.2, 0) is 4.79 Å². The van der Waals surface area contributed by atoms with E-state index < -0.39 is 5.38 Å². The van der Waals surface area contributed by atoms with Crippen molar-refractivity contribution in [2.75, 3.05) is 27.2 Å². The monoisotopic (exact) mass is 203 g/mol. The summed E-state index contributed by atoms with van der Waals surface area (Å²) in [6.45, 7) is 1.10. The standard InChI is InChI=1S/C8H14ClN3O/c1-11-8(13)3-4-12(2)6-7(9)5-10/h7H,3-4,6H2,1-2H3,(H,11,13). The minimum atomic E-state index is -0.505. The van der Waals surface area contributed by atoms with E-state index in [2.05, 4.69) is 5.32 Å². The summed E-state index contributed by atoms with van der Waals surface area (Å²) in [7, 11) is 3.43. The number of nitriles is 1. The third kappa shape index (κ3) is 6.38. The van der Waals surface area contributed by atoms with Gasteiger partial charge in [-0.05, 0) is 7.05 Å². The summed E-state index contributed by atoms with van der Waals surface area (Å²) >= 11 is 5.61. The molecule has 74 valence electrons. The molecule has 1 N–H and O–H groups in total. The molecule has 13 heavy (non-hydrogen) atoms. The predicted octanol–water partition coefficient (Wildman–Crippen LogP) is 0.185. The lowest BCUT2D eigenvalue weighted by atomic mass is 10.3. The Morgan fingerprint density at radius 2 is 2.38 bits per heavy atom. The van der Waals surface area contributed by atoms with Gasteiger partial charge in [0, 0.05) is 26.6 Å². The van der Waals surface area contributed by atoms with Crippen molar-refractivity contribution in [1.82, 2.24) is 10.2 Å². The van der Waals surface area contributed by atoms with E-state index in [1.54, 1.807) is 7.05 Å². The van der Waals surface area contributed by atoms with Gasteiger partial charge < -0.3 is 10.2 Å². The molecule has 0 spiro atoms. The van der Waals surface area contributed by atoms with Crippen molar-refractivity contribution < 1.29 is 4.79 Å². The molecule has 0 fully saturated rings. The van der Waals surface area contributed by atoms with Crippen molar-refractivity contribution in [3.05, 3.63) is 0 Å². The van der Waals surface area contributed by atoms with Gasteiger partial charge in [-0.2, -0.15) is 5.26 Å². The number of carbonyl (C=O) groups is 1. The van der Waals surface area contributed by atoms with Gasteiger partial charge in [0.2, 0.25) is 5.91 Å². The minimum absolute atomic E-state index is 0.00469. The number of hydrogen-bond acceptors (Lipinski definition) is 3. The Kier molecular flexibility index (Phi) is 6.29. The minimum Gasteiger partial charge on any atom is -0.359 e. The van der Waals surface area contributed by atoms with Crippen LogP contribution < -0.4 is 5.32 Å². The molecule has 0 heterocycles. The molecule has 0 aliphatic carbocycles. The SMILES string of the molecule is CNC(=O)CCN(C)CC(Cl)C#N. The Labute approximate surface area is 83.5 Å². The molecule has 1 unspecified atom stereocenters. The van der Waals surface area contributed by atoms with Crippen LogP contribution in [0.2, 0.25) is 0 Å². The van der Waals surface area contributed by atoms with Gasteiger partial charge in [0.15, 0.2) is 0 Å². The van der Waals surface area contributed by atoms with Gasteiger partial charge in [0.1, 0.15) is 5.38 Å². The molecule has 0 saturated heterocycles. The first kappa shape index (κ1) is 12.2. The molecule has 0 aromatic heterocycles. The maximum Gasteiger partial charge on any atom is 0.221 e. The topological polar surface area (TPSA) is 56.1 Å². The highest BCUT2D eigenvalue weighted by Gasteiger charge is 2.07. The molecule has 0 saturated carbocycles. The summed E-state index contributed by atoms with van der Waals surface area (Å²) in [5, 5.41) is 10.4. The summed E-state index contributed by atoms with van der Waals surface area (Å²) in [5.41, 5.74) is 0. The van der Waals surface area contributed by atoms with Gasteiger partial charge in [0.05, 0.1) is 6.07 Å². The largest absolute Gasteiger partial charge is 0.359 e. The normalized spacial score (nSPS) is 12.2. The quantitative estimate of drug-likeness (QED) is 0.649. The van der Waals surface area contributed by atoms with E-state index in [4.69, 9.17) is 16.9 Å². The maximum atomic E-state index is 10.8. The Balaban J connectivity index is 3.58. The van der Waals surface area contributed by atoms with Crippen LogP contribution in [0.5, 0.6) is 0 Å². The number of amides is 1. The van der Waals surface area contributed by atoms with E-state index in [0.717, 1.165) is 0 Å². The van der Waals surface area contributed by atoms with Gasteiger partial charge in [-0.3, -0.25) is 4.79 Å². The van der Waals surface area contributed by atoms with Crippen LogP contribution in [0.1, 0.15) is 6.42 Å². The second kappa shape index (κ2) is 6.70. The van der Waals surface area contributed by atoms with Crippen LogP contribution in [0.3, 0.4) is 0 Å². The van der Waals surface area contributed by atoms with Crippen molar-refractivity contribution in [3.8, 4) is 6.07 Å². The average molecular weight is 204 g/mol. The predicted molar refractivity (Wildman–Crippen MR) is 51.4 cm³/mol. The zero-order chi connectivity index (χ0) is 10.3. The number of rotatable bonds is 5. The van der Waals surface area contributed by atoms with Crippen molar-refractivity contribution in [1.29, 1.82) is 5.26 Å². The molecule has 0 bridgehead atoms. The van der Waals surface area contributed by atoms with Crippen LogP contribution in [-0.4, -0.2) is 43.4 Å². The highest BCUT2D eigenvalue weighted by molar-refractivity contribution is 6.22. The van der Waals surface area contributed by atoms with Gasteiger partial charge in [-0.15, -0.1) is 11.6 Å². The van der Waals surface area contributed by atoms with Crippen LogP contribution >= 0.6 is 11.6 Å². The molecular weight excluding hydrogens is 190 g/mol. The van der Waals surface area contributed by atoms with Crippen LogP contribution in [0, 0.1) is 11.3 Å². The smallest absolute Gasteiger partial charge is 0.221 e. The van der Waals surface area contributed by atoms with E-state index >= 15 is 0 Å². The van der Waals surface area contributed by atoms with Crippen LogP contribution in [0.15, 0.2) is 0 Å². The zero-order valence-corrected chi connectivity index (χ0v) is 8.64. The molecule has 0 aromatic carbocycles. The summed E-state index contributed by atoms with van der Waals surface area (Å²) < 4.78 is 0. The van der Waals surface area contributed by atoms with E-state index in [9.17, 15) is 4.79 Å². The Morgan fingerprint density at radius 1 is 1.77 bits per heavy atom. The summed E-state index contributed by atoms with van der Waals surface area (Å²) in [6.07, 6.45) is 0.433. The first-order valence-electron chi connectivity index (χ1n) is 4.03. The lowest BCUT2D eigenvalue weighted by Crippen LogP contribution is -2.30. The molecule has 0 aliphatic rings. The number of halogens is 1. The van der Waals surface area contributed by atoms with Crippen molar-refractivity contribution in [3.63, 3.8) is 0 Å². The number of carbonyl (C=O) groups excluding carboxylic acids is 1. The second-order valence-electron chi connectivity index (χ2n) is 2.78. The Hall–Kier alpha value is -0.790. The maximum absolute atomic E-state index is 10.8. The molecule has 0 radical (unpaired) electrons. The average Bonchev–Trinajstić information content (AvgIpc) is 2.13. The first-order valence-corrected chi connectivity index (χ1v) is 4.46. The highest BCUT2D eigenvalue weighted by atomic mass is 35.5. The van der Waals surface area contributed by atoms with Crippen molar-refractivity contribution in [2.24, 2.45) is 0 Å². The van der Waals surface area contributed by atoms with Crippen LogP contribution in [0.25, 0.3) is 0 Å². The van der Waals surface area contributed by atoms with Gasteiger partial charge in [-0.25, -0.2) is 0 Å². The fourth-order valence-corrected chi connectivity index (χ4v) is 1.06. The third-order valence-electron chi connectivity index (χ3n) is 1.61. The van der Waals surface area contributed by atoms with Crippen LogP contribution in [0.4, 0.5) is 0 Å². The summed E-state index contributed by atoms with van der Waals surface area (Å²) in [5.74, 6) is -0.00469. The number of hydrogen-bond donors (Lipinski definition) is 1. The molecule has 0 aliphatic heterocycles. The van der Waals surface area contributed by atoms with E-state index in [-0.39, 0.29) is 5.91 Å². The molecule has 5 heteroatoms. The highest BCUT2D eigenvalue weighted by Crippen LogP contribution is 1.97. The first-order chi connectivity index (χ1) is 6.10. The Morgan fingerprint density at radius 3 is 2.85 bits per heavy atom. The number of alkyl halides is 1. The van der Waals surface area contributed by atoms with Crippen molar-refractivity contribution in [2.45, 2.75) is 11.8 Å². The van der Waals surface area contributed by atoms with E-state index in [1.165, 1.54) is 0 Å². The molecule has 0 rings (SSSR count). The second-order valence-corrected chi connectivity index (χ2v) is 3.31. The lowest BCUT2D eigenvalue weighted by molar-refractivity contribution is -0.120. The summed E-state index contributed by atoms with van der Waals surface area (Å²) in [6, 6.07) is 1.92. The molecule has 0 aromatic rings. The van der Waals surface area contributed by atoms with Gasteiger partial charge in [0.25, 0.3) is 0 Å². The summed E-state index contributed by atoms with van der Waals surface area (Å²) in [4.78, 5) is 12.7. The van der Waals surface area contributed by atoms with E-state index in [1.807, 2.05) is 18.0 Å². The van der Waals surface area contributed by atoms with Gasteiger partial charge >= 0.3 is 0 Å². The fraction of sp³-hybridized carbons (Fsp3) is 0.750. The zero-order valence-electron chi connectivity index (χ0n) is 7.88. The molecule has 1 atom stereocenters. The molecule has 1 amide bonds. The fourth-order valence-electron chi connectivity index (χ4n) is 0.823. The molecular formula is C8H14ClN3O. The lowest BCUT2D eigenvalue weighted by Gasteiger charge is -2.15. The molecule has 4 nitrogen and oxygen atoms in total. The van der Waals surface area contributed by atoms with E-state index in [0.29, 0.717) is 19.5 Å².